The summed E-state index contributed by atoms with van der Waals surface area (Å²) in [6, 6.07) is 9.78. The number of rotatable bonds is 5. The normalized spacial score (nSPS) is 16.4. The molecule has 1 aliphatic heterocycles. The molecule has 1 aromatic carbocycles. The summed E-state index contributed by atoms with van der Waals surface area (Å²) < 4.78 is 0. The molecule has 1 unspecified atom stereocenters. The highest BCUT2D eigenvalue weighted by Crippen LogP contribution is 2.17. The summed E-state index contributed by atoms with van der Waals surface area (Å²) in [5.74, 6) is 0.636. The van der Waals surface area contributed by atoms with Crippen molar-refractivity contribution in [2.24, 2.45) is 4.99 Å². The monoisotopic (exact) mass is 327 g/mol. The van der Waals surface area contributed by atoms with Crippen LogP contribution in [0.2, 0.25) is 0 Å². The largest absolute Gasteiger partial charge is 0.350 e. The van der Waals surface area contributed by atoms with Gasteiger partial charge in [0.15, 0.2) is 5.13 Å². The molecule has 1 aliphatic rings. The Balaban J connectivity index is 1.57. The highest BCUT2D eigenvalue weighted by molar-refractivity contribution is 7.13. The number of hydrogen-bond acceptors (Lipinski definition) is 6. The third-order valence-corrected chi connectivity index (χ3v) is 3.95. The van der Waals surface area contributed by atoms with E-state index in [4.69, 9.17) is 0 Å². The lowest BCUT2D eigenvalue weighted by Gasteiger charge is -2.17. The number of allylic oxidation sites excluding steroid dienone is 1. The average Bonchev–Trinajstić information content (AvgIpc) is 3.02. The lowest BCUT2D eigenvalue weighted by atomic mass is 10.2. The predicted octanol–water partition coefficient (Wildman–Crippen LogP) is 2.35. The molecule has 3 rings (SSSR count). The van der Waals surface area contributed by atoms with Gasteiger partial charge in [-0.05, 0) is 18.6 Å². The van der Waals surface area contributed by atoms with E-state index in [1.165, 1.54) is 11.3 Å². The number of carbonyl (C=O) groups is 1. The molecule has 2 aromatic rings. The minimum absolute atomic E-state index is 0.0242. The second kappa shape index (κ2) is 7.06. The molecule has 0 aliphatic carbocycles. The van der Waals surface area contributed by atoms with E-state index < -0.39 is 0 Å². The van der Waals surface area contributed by atoms with Gasteiger partial charge in [0.2, 0.25) is 0 Å². The number of amides is 1. The number of nitrogens with zero attached hydrogens (tertiary/aromatic N) is 2. The Morgan fingerprint density at radius 3 is 2.96 bits per heavy atom. The first-order chi connectivity index (χ1) is 11.2. The van der Waals surface area contributed by atoms with Crippen LogP contribution in [0.5, 0.6) is 0 Å². The smallest absolute Gasteiger partial charge is 0.271 e. The Bertz CT molecular complexity index is 738. The van der Waals surface area contributed by atoms with Gasteiger partial charge in [-0.25, -0.2) is 4.98 Å². The van der Waals surface area contributed by atoms with Gasteiger partial charge < -0.3 is 16.0 Å². The molecule has 0 saturated heterocycles. The summed E-state index contributed by atoms with van der Waals surface area (Å²) in [4.78, 5) is 20.6. The molecule has 0 spiro atoms. The van der Waals surface area contributed by atoms with Crippen molar-refractivity contribution in [2.75, 3.05) is 5.32 Å². The van der Waals surface area contributed by atoms with Crippen molar-refractivity contribution in [3.63, 3.8) is 0 Å². The first-order valence-corrected chi connectivity index (χ1v) is 8.13. The van der Waals surface area contributed by atoms with Gasteiger partial charge in [0.25, 0.3) is 5.91 Å². The zero-order valence-corrected chi connectivity index (χ0v) is 13.4. The number of benzene rings is 1. The Hall–Kier alpha value is -2.67. The van der Waals surface area contributed by atoms with E-state index >= 15 is 0 Å². The third kappa shape index (κ3) is 4.17. The minimum atomic E-state index is -0.182. The standard InChI is InChI=1S/C16H17N5OS/c1-11-17-8-7-14(19-11)21-16-20-13(10-23-16)15(22)18-9-12-5-3-2-4-6-12/h2-8,10-11,19H,9H2,1H3,(H,18,22)(H,20,21). The van der Waals surface area contributed by atoms with Gasteiger partial charge in [0, 0.05) is 18.1 Å². The van der Waals surface area contributed by atoms with Crippen LogP contribution in [0.25, 0.3) is 0 Å². The molecular formula is C16H17N5OS. The van der Waals surface area contributed by atoms with Crippen molar-refractivity contribution < 1.29 is 4.79 Å². The lowest BCUT2D eigenvalue weighted by Crippen LogP contribution is -2.30. The van der Waals surface area contributed by atoms with Crippen molar-refractivity contribution in [3.8, 4) is 0 Å². The summed E-state index contributed by atoms with van der Waals surface area (Å²) in [5, 5.41) is 11.6. The van der Waals surface area contributed by atoms with Crippen LogP contribution in [-0.4, -0.2) is 23.3 Å². The molecule has 1 atom stereocenters. The van der Waals surface area contributed by atoms with Crippen molar-refractivity contribution in [1.29, 1.82) is 0 Å². The number of anilines is 1. The van der Waals surface area contributed by atoms with E-state index in [1.54, 1.807) is 11.6 Å². The highest BCUT2D eigenvalue weighted by atomic mass is 32.1. The quantitative estimate of drug-likeness (QED) is 0.788. The topological polar surface area (TPSA) is 78.4 Å². The van der Waals surface area contributed by atoms with Gasteiger partial charge in [-0.3, -0.25) is 9.79 Å². The highest BCUT2D eigenvalue weighted by Gasteiger charge is 2.12. The molecule has 7 heteroatoms. The molecule has 0 radical (unpaired) electrons. The fourth-order valence-electron chi connectivity index (χ4n) is 2.05. The molecule has 0 fully saturated rings. The summed E-state index contributed by atoms with van der Waals surface area (Å²) in [6.45, 7) is 2.44. The van der Waals surface area contributed by atoms with Crippen molar-refractivity contribution in [1.82, 2.24) is 15.6 Å². The van der Waals surface area contributed by atoms with Crippen molar-refractivity contribution in [3.05, 3.63) is 58.9 Å². The molecule has 2 heterocycles. The molecule has 23 heavy (non-hydrogen) atoms. The van der Waals surface area contributed by atoms with Crippen LogP contribution >= 0.6 is 11.3 Å². The molecule has 1 aromatic heterocycles. The van der Waals surface area contributed by atoms with Crippen molar-refractivity contribution >= 4 is 28.6 Å². The average molecular weight is 327 g/mol. The SMILES string of the molecule is CC1N=CC=C(Nc2nc(C(=O)NCc3ccccc3)cs2)N1. The van der Waals surface area contributed by atoms with E-state index in [9.17, 15) is 4.79 Å². The van der Waals surface area contributed by atoms with Gasteiger partial charge in [0.05, 0.1) is 0 Å². The van der Waals surface area contributed by atoms with Gasteiger partial charge in [-0.2, -0.15) is 0 Å². The fourth-order valence-corrected chi connectivity index (χ4v) is 2.76. The fraction of sp³-hybridized carbons (Fsp3) is 0.188. The Morgan fingerprint density at radius 2 is 2.17 bits per heavy atom. The summed E-state index contributed by atoms with van der Waals surface area (Å²) >= 11 is 1.39. The number of nitrogens with one attached hydrogen (secondary N) is 3. The van der Waals surface area contributed by atoms with Crippen LogP contribution in [-0.2, 0) is 6.54 Å². The molecule has 6 nitrogen and oxygen atoms in total. The van der Waals surface area contributed by atoms with Crippen LogP contribution in [0.1, 0.15) is 23.0 Å². The van der Waals surface area contributed by atoms with Crippen LogP contribution in [0.15, 0.2) is 52.6 Å². The summed E-state index contributed by atoms with van der Waals surface area (Å²) in [7, 11) is 0. The van der Waals surface area contributed by atoms with Gasteiger partial charge in [-0.1, -0.05) is 30.3 Å². The van der Waals surface area contributed by atoms with Gasteiger partial charge in [-0.15, -0.1) is 11.3 Å². The molecule has 1 amide bonds. The first kappa shape index (κ1) is 15.2. The number of aliphatic imine (C=N–C) groups is 1. The number of thiazole rings is 1. The second-order valence-corrected chi connectivity index (χ2v) is 5.89. The zero-order chi connectivity index (χ0) is 16.1. The molecular weight excluding hydrogens is 310 g/mol. The van der Waals surface area contributed by atoms with Crippen LogP contribution in [0.3, 0.4) is 0 Å². The lowest BCUT2D eigenvalue weighted by molar-refractivity contribution is 0.0946. The zero-order valence-electron chi connectivity index (χ0n) is 12.6. The minimum Gasteiger partial charge on any atom is -0.350 e. The van der Waals surface area contributed by atoms with E-state index in [1.807, 2.05) is 43.3 Å². The van der Waals surface area contributed by atoms with E-state index in [0.29, 0.717) is 17.4 Å². The van der Waals surface area contributed by atoms with E-state index in [-0.39, 0.29) is 12.1 Å². The van der Waals surface area contributed by atoms with Crippen LogP contribution < -0.4 is 16.0 Å². The van der Waals surface area contributed by atoms with Gasteiger partial charge >= 0.3 is 0 Å². The first-order valence-electron chi connectivity index (χ1n) is 7.25. The van der Waals surface area contributed by atoms with Crippen LogP contribution in [0.4, 0.5) is 5.13 Å². The maximum atomic E-state index is 12.1. The Labute approximate surface area is 138 Å². The molecule has 0 bridgehead atoms. The van der Waals surface area contributed by atoms with E-state index in [2.05, 4.69) is 25.9 Å². The number of hydrogen-bond donors (Lipinski definition) is 3. The number of carbonyl (C=O) groups excluding carboxylic acids is 1. The molecule has 118 valence electrons. The van der Waals surface area contributed by atoms with Crippen molar-refractivity contribution in [2.45, 2.75) is 19.6 Å². The van der Waals surface area contributed by atoms with Crippen LogP contribution in [0, 0.1) is 0 Å². The maximum Gasteiger partial charge on any atom is 0.271 e. The maximum absolute atomic E-state index is 12.1. The summed E-state index contributed by atoms with van der Waals surface area (Å²) in [6.07, 6.45) is 3.59. The Morgan fingerprint density at radius 1 is 1.35 bits per heavy atom. The molecule has 0 saturated carbocycles. The number of aromatic nitrogens is 1. The summed E-state index contributed by atoms with van der Waals surface area (Å²) in [5.41, 5.74) is 1.46. The van der Waals surface area contributed by atoms with Gasteiger partial charge in [0.1, 0.15) is 17.7 Å². The second-order valence-electron chi connectivity index (χ2n) is 5.03. The Kier molecular flexibility index (Phi) is 4.68. The molecule has 3 N–H and O–H groups in total. The van der Waals surface area contributed by atoms with E-state index in [0.717, 1.165) is 11.4 Å². The third-order valence-electron chi connectivity index (χ3n) is 3.19. The predicted molar refractivity (Wildman–Crippen MR) is 92.5 cm³/mol.